The molecule has 3 rings (SSSR count). The number of nitrogens with zero attached hydrogens (tertiary/aromatic N) is 1. The van der Waals surface area contributed by atoms with Gasteiger partial charge in [0.05, 0.1) is 19.8 Å². The number of benzene rings is 1. The Hall–Kier alpha value is -2.11. The van der Waals surface area contributed by atoms with Gasteiger partial charge in [0.1, 0.15) is 17.6 Å². The minimum absolute atomic E-state index is 0.104. The second-order valence-electron chi connectivity index (χ2n) is 5.21. The highest BCUT2D eigenvalue weighted by Gasteiger charge is 2.43. The number of halogens is 1. The van der Waals surface area contributed by atoms with Crippen molar-refractivity contribution in [2.75, 3.05) is 13.7 Å². The molecule has 5 nitrogen and oxygen atoms in total. The number of carbonyl (C=O) groups is 2. The molecule has 1 fully saturated rings. The number of esters is 1. The number of carbonyl (C=O) groups excluding carboxylic acids is 2. The average molecular weight is 293 g/mol. The van der Waals surface area contributed by atoms with E-state index in [0.29, 0.717) is 37.2 Å². The molecule has 2 atom stereocenters. The van der Waals surface area contributed by atoms with E-state index in [9.17, 15) is 14.0 Å². The van der Waals surface area contributed by atoms with Gasteiger partial charge in [-0.15, -0.1) is 0 Å². The van der Waals surface area contributed by atoms with Crippen LogP contribution in [0.5, 0.6) is 5.75 Å². The van der Waals surface area contributed by atoms with Crippen molar-refractivity contribution in [3.8, 4) is 5.75 Å². The molecule has 2 unspecified atom stereocenters. The van der Waals surface area contributed by atoms with Crippen molar-refractivity contribution in [1.82, 2.24) is 4.90 Å². The van der Waals surface area contributed by atoms with Crippen molar-refractivity contribution in [2.45, 2.75) is 31.3 Å². The van der Waals surface area contributed by atoms with Crippen LogP contribution in [-0.4, -0.2) is 36.5 Å². The van der Waals surface area contributed by atoms with E-state index >= 15 is 0 Å². The van der Waals surface area contributed by atoms with E-state index in [1.165, 1.54) is 24.1 Å². The fraction of sp³-hybridized carbons (Fsp3) is 0.467. The summed E-state index contributed by atoms with van der Waals surface area (Å²) in [5.74, 6) is -0.348. The molecule has 2 aliphatic rings. The minimum atomic E-state index is -0.596. The predicted octanol–water partition coefficient (Wildman–Crippen LogP) is 1.81. The van der Waals surface area contributed by atoms with Crippen LogP contribution in [0.25, 0.3) is 0 Å². The van der Waals surface area contributed by atoms with Crippen LogP contribution in [-0.2, 0) is 14.3 Å². The summed E-state index contributed by atoms with van der Waals surface area (Å²) in [5.41, 5.74) is 0.616. The molecule has 0 N–H and O–H groups in total. The molecular formula is C15H16FNO4. The molecule has 2 heterocycles. The fourth-order valence-corrected chi connectivity index (χ4v) is 3.10. The third kappa shape index (κ3) is 2.34. The van der Waals surface area contributed by atoms with E-state index in [1.807, 2.05) is 0 Å². The third-order valence-electron chi connectivity index (χ3n) is 4.04. The SMILES string of the molecule is COC(=O)C1CCC(=O)N1C1CCOc2ccc(F)cc21. The number of hydrogen-bond acceptors (Lipinski definition) is 4. The second-order valence-corrected chi connectivity index (χ2v) is 5.21. The molecule has 6 heteroatoms. The number of ether oxygens (including phenoxy) is 2. The van der Waals surface area contributed by atoms with E-state index in [-0.39, 0.29) is 17.8 Å². The van der Waals surface area contributed by atoms with Gasteiger partial charge in [0, 0.05) is 18.4 Å². The molecule has 2 aliphatic heterocycles. The summed E-state index contributed by atoms with van der Waals surface area (Å²) < 4.78 is 23.8. The van der Waals surface area contributed by atoms with Gasteiger partial charge in [-0.05, 0) is 24.6 Å². The zero-order chi connectivity index (χ0) is 15.0. The van der Waals surface area contributed by atoms with Crippen molar-refractivity contribution in [2.24, 2.45) is 0 Å². The summed E-state index contributed by atoms with van der Waals surface area (Å²) in [4.78, 5) is 25.6. The molecule has 112 valence electrons. The Kier molecular flexibility index (Phi) is 3.53. The quantitative estimate of drug-likeness (QED) is 0.780. The van der Waals surface area contributed by atoms with E-state index in [2.05, 4.69) is 0 Å². The normalized spacial score (nSPS) is 24.5. The number of hydrogen-bond donors (Lipinski definition) is 0. The molecule has 0 spiro atoms. The lowest BCUT2D eigenvalue weighted by Crippen LogP contribution is -2.43. The highest BCUT2D eigenvalue weighted by atomic mass is 19.1. The van der Waals surface area contributed by atoms with Gasteiger partial charge in [0.15, 0.2) is 0 Å². The highest BCUT2D eigenvalue weighted by Crippen LogP contribution is 2.40. The van der Waals surface area contributed by atoms with Crippen LogP contribution >= 0.6 is 0 Å². The summed E-state index contributed by atoms with van der Waals surface area (Å²) in [5, 5.41) is 0. The maximum atomic E-state index is 13.5. The Morgan fingerprint density at radius 3 is 3.00 bits per heavy atom. The molecule has 1 amide bonds. The Labute approximate surface area is 121 Å². The summed E-state index contributed by atoms with van der Waals surface area (Å²) in [6, 6.07) is 3.32. The van der Waals surface area contributed by atoms with E-state index < -0.39 is 12.0 Å². The molecule has 0 saturated carbocycles. The summed E-state index contributed by atoms with van der Waals surface area (Å²) in [7, 11) is 1.31. The molecule has 0 aromatic heterocycles. The fourth-order valence-electron chi connectivity index (χ4n) is 3.10. The number of amides is 1. The number of methoxy groups -OCH3 is 1. The molecule has 21 heavy (non-hydrogen) atoms. The van der Waals surface area contributed by atoms with E-state index in [0.717, 1.165) is 0 Å². The smallest absolute Gasteiger partial charge is 0.328 e. The van der Waals surface area contributed by atoms with Gasteiger partial charge in [-0.3, -0.25) is 4.79 Å². The number of fused-ring (bicyclic) bond motifs is 1. The van der Waals surface area contributed by atoms with E-state index in [1.54, 1.807) is 6.07 Å². The Morgan fingerprint density at radius 1 is 1.43 bits per heavy atom. The van der Waals surface area contributed by atoms with Crippen LogP contribution in [0, 0.1) is 5.82 Å². The lowest BCUT2D eigenvalue weighted by molar-refractivity contribution is -0.151. The maximum Gasteiger partial charge on any atom is 0.328 e. The van der Waals surface area contributed by atoms with Crippen molar-refractivity contribution in [3.05, 3.63) is 29.6 Å². The molecule has 0 radical (unpaired) electrons. The summed E-state index contributed by atoms with van der Waals surface area (Å²) in [6.07, 6.45) is 1.28. The monoisotopic (exact) mass is 293 g/mol. The average Bonchev–Trinajstić information content (AvgIpc) is 2.87. The van der Waals surface area contributed by atoms with Crippen molar-refractivity contribution in [3.63, 3.8) is 0 Å². The Bertz CT molecular complexity index is 589. The first-order chi connectivity index (χ1) is 10.1. The van der Waals surface area contributed by atoms with Gasteiger partial charge in [0.25, 0.3) is 0 Å². The molecule has 1 aromatic carbocycles. The molecule has 1 aromatic rings. The highest BCUT2D eigenvalue weighted by molar-refractivity contribution is 5.88. The van der Waals surface area contributed by atoms with Crippen LogP contribution < -0.4 is 4.74 Å². The van der Waals surface area contributed by atoms with Gasteiger partial charge in [-0.1, -0.05) is 0 Å². The van der Waals surface area contributed by atoms with Crippen molar-refractivity contribution >= 4 is 11.9 Å². The topological polar surface area (TPSA) is 55.8 Å². The Morgan fingerprint density at radius 2 is 2.24 bits per heavy atom. The lowest BCUT2D eigenvalue weighted by Gasteiger charge is -2.35. The first-order valence-electron chi connectivity index (χ1n) is 6.93. The van der Waals surface area contributed by atoms with Crippen molar-refractivity contribution < 1.29 is 23.5 Å². The first kappa shape index (κ1) is 13.9. The van der Waals surface area contributed by atoms with E-state index in [4.69, 9.17) is 9.47 Å². The largest absolute Gasteiger partial charge is 0.493 e. The van der Waals surface area contributed by atoms with Crippen LogP contribution in [0.2, 0.25) is 0 Å². The third-order valence-corrected chi connectivity index (χ3v) is 4.04. The van der Waals surface area contributed by atoms with Gasteiger partial charge < -0.3 is 14.4 Å². The van der Waals surface area contributed by atoms with Crippen molar-refractivity contribution in [1.29, 1.82) is 0 Å². The van der Waals surface area contributed by atoms with Crippen LogP contribution in [0.4, 0.5) is 4.39 Å². The minimum Gasteiger partial charge on any atom is -0.493 e. The van der Waals surface area contributed by atoms with Gasteiger partial charge in [0.2, 0.25) is 5.91 Å². The summed E-state index contributed by atoms with van der Waals surface area (Å²) >= 11 is 0. The molecular weight excluding hydrogens is 277 g/mol. The second kappa shape index (κ2) is 5.35. The molecule has 1 saturated heterocycles. The predicted molar refractivity (Wildman–Crippen MR) is 71.1 cm³/mol. The lowest BCUT2D eigenvalue weighted by atomic mass is 9.98. The molecule has 0 bridgehead atoms. The molecule has 0 aliphatic carbocycles. The van der Waals surface area contributed by atoms with Crippen LogP contribution in [0.15, 0.2) is 18.2 Å². The summed E-state index contributed by atoms with van der Waals surface area (Å²) in [6.45, 7) is 0.432. The zero-order valence-electron chi connectivity index (χ0n) is 11.7. The number of rotatable bonds is 2. The zero-order valence-corrected chi connectivity index (χ0v) is 11.7. The van der Waals surface area contributed by atoms with Crippen LogP contribution in [0.3, 0.4) is 0 Å². The van der Waals surface area contributed by atoms with Gasteiger partial charge in [-0.2, -0.15) is 0 Å². The van der Waals surface area contributed by atoms with Gasteiger partial charge >= 0.3 is 5.97 Å². The maximum absolute atomic E-state index is 13.5. The first-order valence-corrected chi connectivity index (χ1v) is 6.93. The standard InChI is InChI=1S/C15H16FNO4/c1-20-15(19)12-3-5-14(18)17(12)11-6-7-21-13-4-2-9(16)8-10(11)13/h2,4,8,11-12H,3,5-7H2,1H3. The number of likely N-dealkylation sites (tertiary alicyclic amines) is 1. The van der Waals surface area contributed by atoms with Crippen LogP contribution in [0.1, 0.15) is 30.9 Å². The van der Waals surface area contributed by atoms with Gasteiger partial charge in [-0.25, -0.2) is 9.18 Å². The Balaban J connectivity index is 1.98.